The van der Waals surface area contributed by atoms with Crippen LogP contribution in [0.3, 0.4) is 0 Å². The van der Waals surface area contributed by atoms with Crippen molar-refractivity contribution in [1.29, 1.82) is 0 Å². The Morgan fingerprint density at radius 1 is 1.19 bits per heavy atom. The Morgan fingerprint density at radius 3 is 2.62 bits per heavy atom. The summed E-state index contributed by atoms with van der Waals surface area (Å²) in [5.74, 6) is 0.619. The number of fused-ring (bicyclic) bond motifs is 1. The van der Waals surface area contributed by atoms with Crippen molar-refractivity contribution < 1.29 is 14.0 Å². The van der Waals surface area contributed by atoms with E-state index < -0.39 is 17.4 Å². The quantitative estimate of drug-likeness (QED) is 0.843. The number of hydrogen-bond acceptors (Lipinski definition) is 4. The molecular weight excluding hydrogens is 270 g/mol. The second-order valence-corrected chi connectivity index (χ2v) is 6.27. The van der Waals surface area contributed by atoms with E-state index in [2.05, 4.69) is 12.2 Å². The first-order chi connectivity index (χ1) is 10.0. The van der Waals surface area contributed by atoms with Gasteiger partial charge in [0.25, 0.3) is 5.91 Å². The van der Waals surface area contributed by atoms with Gasteiger partial charge in [0.1, 0.15) is 5.76 Å². The van der Waals surface area contributed by atoms with Crippen LogP contribution in [0.15, 0.2) is 15.3 Å². The standard InChI is InChI=1S/C16H19NO4/c1-9-2-4-10(5-3-9)6-11-7-14(19)21-12-8-13(18)17-16(20)15(11)12/h7,9-10H,2-6,8H2,1H3,(H,17,18,20). The third kappa shape index (κ3) is 2.91. The van der Waals surface area contributed by atoms with Crippen LogP contribution in [0.2, 0.25) is 0 Å². The normalized spacial score (nSPS) is 25.4. The molecule has 21 heavy (non-hydrogen) atoms. The Kier molecular flexibility index (Phi) is 3.66. The fourth-order valence-electron chi connectivity index (χ4n) is 3.38. The first kappa shape index (κ1) is 14.0. The van der Waals surface area contributed by atoms with Gasteiger partial charge in [-0.1, -0.05) is 19.8 Å². The van der Waals surface area contributed by atoms with Crippen molar-refractivity contribution >= 4 is 11.8 Å². The molecule has 0 aromatic carbocycles. The fraction of sp³-hybridized carbons (Fsp3) is 0.562. The molecule has 5 heteroatoms. The van der Waals surface area contributed by atoms with E-state index >= 15 is 0 Å². The fourth-order valence-corrected chi connectivity index (χ4v) is 3.38. The van der Waals surface area contributed by atoms with E-state index in [0.717, 1.165) is 24.3 Å². The van der Waals surface area contributed by atoms with Gasteiger partial charge in [0.15, 0.2) is 0 Å². The third-order valence-corrected chi connectivity index (χ3v) is 4.56. The van der Waals surface area contributed by atoms with E-state index in [-0.39, 0.29) is 12.2 Å². The maximum Gasteiger partial charge on any atom is 0.336 e. The summed E-state index contributed by atoms with van der Waals surface area (Å²) < 4.78 is 5.05. The average Bonchev–Trinajstić information content (AvgIpc) is 2.40. The first-order valence-electron chi connectivity index (χ1n) is 7.53. The minimum absolute atomic E-state index is 0.0359. The van der Waals surface area contributed by atoms with E-state index in [1.807, 2.05) is 0 Å². The van der Waals surface area contributed by atoms with E-state index in [1.165, 1.54) is 18.9 Å². The van der Waals surface area contributed by atoms with Crippen molar-refractivity contribution in [3.63, 3.8) is 0 Å². The van der Waals surface area contributed by atoms with Crippen LogP contribution in [-0.4, -0.2) is 11.8 Å². The highest BCUT2D eigenvalue weighted by Gasteiger charge is 2.29. The van der Waals surface area contributed by atoms with E-state index in [1.54, 1.807) is 0 Å². The molecule has 2 amide bonds. The van der Waals surface area contributed by atoms with Crippen LogP contribution in [0, 0.1) is 11.8 Å². The van der Waals surface area contributed by atoms with Crippen LogP contribution in [0.4, 0.5) is 0 Å². The van der Waals surface area contributed by atoms with Gasteiger partial charge in [-0.2, -0.15) is 0 Å². The van der Waals surface area contributed by atoms with E-state index in [9.17, 15) is 14.4 Å². The zero-order valence-electron chi connectivity index (χ0n) is 12.1. The summed E-state index contributed by atoms with van der Waals surface area (Å²) >= 11 is 0. The van der Waals surface area contributed by atoms with Crippen molar-refractivity contribution in [3.05, 3.63) is 33.4 Å². The molecule has 1 aromatic rings. The summed E-state index contributed by atoms with van der Waals surface area (Å²) in [4.78, 5) is 35.1. The monoisotopic (exact) mass is 289 g/mol. The Morgan fingerprint density at radius 2 is 1.90 bits per heavy atom. The molecule has 1 aromatic heterocycles. The van der Waals surface area contributed by atoms with Crippen molar-refractivity contribution in [2.45, 2.75) is 45.4 Å². The summed E-state index contributed by atoms with van der Waals surface area (Å²) in [6.45, 7) is 2.26. The minimum Gasteiger partial charge on any atom is -0.426 e. The van der Waals surface area contributed by atoms with Gasteiger partial charge in [-0.05, 0) is 36.7 Å². The predicted molar refractivity (Wildman–Crippen MR) is 76.0 cm³/mol. The number of rotatable bonds is 2. The third-order valence-electron chi connectivity index (χ3n) is 4.56. The summed E-state index contributed by atoms with van der Waals surface area (Å²) in [5.41, 5.74) is 0.647. The van der Waals surface area contributed by atoms with E-state index in [4.69, 9.17) is 4.42 Å². The Hall–Kier alpha value is -1.91. The zero-order valence-corrected chi connectivity index (χ0v) is 12.1. The van der Waals surface area contributed by atoms with Gasteiger partial charge in [-0.15, -0.1) is 0 Å². The number of carbonyl (C=O) groups excluding carboxylic acids is 2. The van der Waals surface area contributed by atoms with Gasteiger partial charge in [0.2, 0.25) is 5.91 Å². The van der Waals surface area contributed by atoms with Crippen LogP contribution >= 0.6 is 0 Å². The van der Waals surface area contributed by atoms with Crippen molar-refractivity contribution in [1.82, 2.24) is 5.32 Å². The molecule has 2 heterocycles. The van der Waals surface area contributed by atoms with Gasteiger partial charge in [0.05, 0.1) is 12.0 Å². The molecular formula is C16H19NO4. The van der Waals surface area contributed by atoms with Gasteiger partial charge in [0, 0.05) is 6.07 Å². The second kappa shape index (κ2) is 5.47. The predicted octanol–water partition coefficient (Wildman–Crippen LogP) is 1.82. The molecule has 2 aliphatic rings. The molecule has 0 unspecified atom stereocenters. The molecule has 1 aliphatic carbocycles. The van der Waals surface area contributed by atoms with Crippen LogP contribution < -0.4 is 10.9 Å². The maximum absolute atomic E-state index is 12.0. The van der Waals surface area contributed by atoms with Crippen molar-refractivity contribution in [3.8, 4) is 0 Å². The lowest BCUT2D eigenvalue weighted by atomic mass is 9.79. The molecule has 5 nitrogen and oxygen atoms in total. The van der Waals surface area contributed by atoms with E-state index in [0.29, 0.717) is 17.9 Å². The lowest BCUT2D eigenvalue weighted by molar-refractivity contribution is -0.120. The van der Waals surface area contributed by atoms with Gasteiger partial charge < -0.3 is 4.42 Å². The minimum atomic E-state index is -0.476. The second-order valence-electron chi connectivity index (χ2n) is 6.27. The van der Waals surface area contributed by atoms with Crippen LogP contribution in [0.5, 0.6) is 0 Å². The molecule has 0 spiro atoms. The summed E-state index contributed by atoms with van der Waals surface area (Å²) in [5, 5.41) is 2.30. The number of nitrogens with one attached hydrogen (secondary N) is 1. The van der Waals surface area contributed by atoms with Gasteiger partial charge in [-0.3, -0.25) is 14.9 Å². The molecule has 3 rings (SSSR count). The Balaban J connectivity index is 1.90. The number of carbonyl (C=O) groups is 2. The summed E-state index contributed by atoms with van der Waals surface area (Å²) in [6, 6.07) is 1.41. The molecule has 0 saturated heterocycles. The molecule has 1 fully saturated rings. The first-order valence-corrected chi connectivity index (χ1v) is 7.53. The molecule has 0 atom stereocenters. The molecule has 1 saturated carbocycles. The highest BCUT2D eigenvalue weighted by Crippen LogP contribution is 2.31. The Bertz CT molecular complexity index is 638. The summed E-state index contributed by atoms with van der Waals surface area (Å²) in [6.07, 6.45) is 5.31. The van der Waals surface area contributed by atoms with Crippen molar-refractivity contribution in [2.24, 2.45) is 11.8 Å². The van der Waals surface area contributed by atoms with Crippen molar-refractivity contribution in [2.75, 3.05) is 0 Å². The zero-order chi connectivity index (χ0) is 15.0. The average molecular weight is 289 g/mol. The molecule has 0 bridgehead atoms. The maximum atomic E-state index is 12.0. The molecule has 0 radical (unpaired) electrons. The number of imide groups is 1. The largest absolute Gasteiger partial charge is 0.426 e. The summed E-state index contributed by atoms with van der Waals surface area (Å²) in [7, 11) is 0. The van der Waals surface area contributed by atoms with Gasteiger partial charge in [-0.25, -0.2) is 4.79 Å². The molecule has 112 valence electrons. The van der Waals surface area contributed by atoms with Crippen LogP contribution in [-0.2, 0) is 17.6 Å². The highest BCUT2D eigenvalue weighted by atomic mass is 16.4. The topological polar surface area (TPSA) is 76.4 Å². The lowest BCUT2D eigenvalue weighted by Gasteiger charge is -2.27. The van der Waals surface area contributed by atoms with Gasteiger partial charge >= 0.3 is 5.63 Å². The Labute approximate surface area is 122 Å². The SMILES string of the molecule is CC1CCC(Cc2cc(=O)oc3c2C(=O)NC(=O)C3)CC1. The molecule has 1 aliphatic heterocycles. The smallest absolute Gasteiger partial charge is 0.336 e. The van der Waals surface area contributed by atoms with Crippen LogP contribution in [0.25, 0.3) is 0 Å². The number of amides is 2. The number of hydrogen-bond donors (Lipinski definition) is 1. The lowest BCUT2D eigenvalue weighted by Crippen LogP contribution is -2.39. The molecule has 1 N–H and O–H groups in total. The van der Waals surface area contributed by atoms with Crippen LogP contribution in [0.1, 0.15) is 54.3 Å². The highest BCUT2D eigenvalue weighted by molar-refractivity contribution is 6.09.